The molecule has 0 radical (unpaired) electrons. The minimum atomic E-state index is -4.20. The van der Waals surface area contributed by atoms with Crippen molar-refractivity contribution >= 4 is 5.91 Å². The number of carbonyl (C=O) groups is 1. The maximum absolute atomic E-state index is 12.6. The smallest absolute Gasteiger partial charge is 0.391 e. The Morgan fingerprint density at radius 1 is 1.26 bits per heavy atom. The van der Waals surface area contributed by atoms with Gasteiger partial charge >= 0.3 is 6.18 Å². The Labute approximate surface area is 110 Å². The Morgan fingerprint density at radius 2 is 1.95 bits per heavy atom. The molecule has 0 spiro atoms. The van der Waals surface area contributed by atoms with Gasteiger partial charge in [0.1, 0.15) is 0 Å². The van der Waals surface area contributed by atoms with Crippen LogP contribution in [-0.2, 0) is 4.79 Å². The van der Waals surface area contributed by atoms with E-state index in [-0.39, 0.29) is 31.2 Å². The van der Waals surface area contributed by atoms with Crippen LogP contribution >= 0.6 is 0 Å². The molecule has 19 heavy (non-hydrogen) atoms. The average Bonchev–Trinajstić information content (AvgIpc) is 3.19. The predicted molar refractivity (Wildman–Crippen MR) is 63.2 cm³/mol. The van der Waals surface area contributed by atoms with E-state index in [1.54, 1.807) is 0 Å². The van der Waals surface area contributed by atoms with E-state index in [1.165, 1.54) is 0 Å². The third-order valence-electron chi connectivity index (χ3n) is 4.16. The highest BCUT2D eigenvalue weighted by Gasteiger charge is 2.43. The first-order valence-electron chi connectivity index (χ1n) is 6.90. The van der Waals surface area contributed by atoms with Crippen molar-refractivity contribution in [3.8, 4) is 0 Å². The van der Waals surface area contributed by atoms with Crippen LogP contribution in [0.5, 0.6) is 0 Å². The van der Waals surface area contributed by atoms with Crippen molar-refractivity contribution in [3.63, 3.8) is 0 Å². The van der Waals surface area contributed by atoms with Gasteiger partial charge in [-0.2, -0.15) is 13.2 Å². The van der Waals surface area contributed by atoms with Crippen LogP contribution in [0, 0.1) is 17.8 Å². The standard InChI is InChI=1S/C13H20F3NO2/c14-13(15,16)10-3-1-2-9(6-10)12(19)17-7-11(18)8-4-5-8/h8-11,18H,1-7H2,(H,17,19). The third-order valence-corrected chi connectivity index (χ3v) is 4.16. The summed E-state index contributed by atoms with van der Waals surface area (Å²) < 4.78 is 37.9. The summed E-state index contributed by atoms with van der Waals surface area (Å²) in [7, 11) is 0. The minimum Gasteiger partial charge on any atom is -0.391 e. The first-order chi connectivity index (χ1) is 8.88. The van der Waals surface area contributed by atoms with Crippen LogP contribution in [0.25, 0.3) is 0 Å². The molecular formula is C13H20F3NO2. The maximum atomic E-state index is 12.6. The van der Waals surface area contributed by atoms with Gasteiger partial charge in [0, 0.05) is 12.5 Å². The van der Waals surface area contributed by atoms with Crippen LogP contribution in [-0.4, -0.2) is 29.8 Å². The molecular weight excluding hydrogens is 259 g/mol. The molecule has 3 nitrogen and oxygen atoms in total. The van der Waals surface area contributed by atoms with Gasteiger partial charge in [-0.05, 0) is 38.0 Å². The number of halogens is 3. The summed E-state index contributed by atoms with van der Waals surface area (Å²) >= 11 is 0. The van der Waals surface area contributed by atoms with E-state index < -0.39 is 24.1 Å². The highest BCUT2D eigenvalue weighted by atomic mass is 19.4. The molecule has 0 heterocycles. The summed E-state index contributed by atoms with van der Waals surface area (Å²) in [6.45, 7) is 0.163. The zero-order valence-corrected chi connectivity index (χ0v) is 10.7. The molecule has 3 atom stereocenters. The van der Waals surface area contributed by atoms with E-state index in [9.17, 15) is 23.1 Å². The second-order valence-electron chi connectivity index (χ2n) is 5.75. The van der Waals surface area contributed by atoms with Crippen LogP contribution < -0.4 is 5.32 Å². The SMILES string of the molecule is O=C(NCC(O)C1CC1)C1CCCC(C(F)(F)F)C1. The summed E-state index contributed by atoms with van der Waals surface area (Å²) in [5.41, 5.74) is 0. The van der Waals surface area contributed by atoms with Crippen molar-refractivity contribution in [2.24, 2.45) is 17.8 Å². The van der Waals surface area contributed by atoms with E-state index in [0.717, 1.165) is 12.8 Å². The number of hydrogen-bond acceptors (Lipinski definition) is 2. The molecule has 0 aliphatic heterocycles. The first kappa shape index (κ1) is 14.6. The van der Waals surface area contributed by atoms with Crippen LogP contribution in [0.3, 0.4) is 0 Å². The molecule has 0 aromatic carbocycles. The van der Waals surface area contributed by atoms with E-state index in [4.69, 9.17) is 0 Å². The lowest BCUT2D eigenvalue weighted by Gasteiger charge is -2.29. The number of carbonyl (C=O) groups excluding carboxylic acids is 1. The van der Waals surface area contributed by atoms with Gasteiger partial charge in [0.15, 0.2) is 0 Å². The Hall–Kier alpha value is -0.780. The number of amides is 1. The van der Waals surface area contributed by atoms with E-state index in [1.807, 2.05) is 0 Å². The molecule has 0 aromatic heterocycles. The summed E-state index contributed by atoms with van der Waals surface area (Å²) in [5.74, 6) is -2.00. The summed E-state index contributed by atoms with van der Waals surface area (Å²) in [4.78, 5) is 11.8. The molecule has 2 N–H and O–H groups in total. The Bertz CT molecular complexity index is 328. The summed E-state index contributed by atoms with van der Waals surface area (Å²) in [5, 5.41) is 12.2. The lowest BCUT2D eigenvalue weighted by Crippen LogP contribution is -2.40. The fourth-order valence-corrected chi connectivity index (χ4v) is 2.72. The number of rotatable bonds is 4. The molecule has 6 heteroatoms. The van der Waals surface area contributed by atoms with Gasteiger partial charge in [-0.15, -0.1) is 0 Å². The fraction of sp³-hybridized carbons (Fsp3) is 0.923. The Morgan fingerprint density at radius 3 is 2.53 bits per heavy atom. The van der Waals surface area contributed by atoms with Gasteiger partial charge in [-0.3, -0.25) is 4.79 Å². The summed E-state index contributed by atoms with van der Waals surface area (Å²) in [6, 6.07) is 0. The molecule has 110 valence electrons. The van der Waals surface area contributed by atoms with Gasteiger partial charge in [-0.1, -0.05) is 6.42 Å². The number of aliphatic hydroxyl groups excluding tert-OH is 1. The van der Waals surface area contributed by atoms with Crippen LogP contribution in [0.1, 0.15) is 38.5 Å². The molecule has 2 fully saturated rings. The number of aliphatic hydroxyl groups is 1. The van der Waals surface area contributed by atoms with Crippen molar-refractivity contribution in [2.75, 3.05) is 6.54 Å². The van der Waals surface area contributed by atoms with Gasteiger partial charge in [0.25, 0.3) is 0 Å². The zero-order chi connectivity index (χ0) is 14.0. The topological polar surface area (TPSA) is 49.3 Å². The lowest BCUT2D eigenvalue weighted by atomic mass is 9.80. The monoisotopic (exact) mass is 279 g/mol. The van der Waals surface area contributed by atoms with Gasteiger partial charge < -0.3 is 10.4 Å². The van der Waals surface area contributed by atoms with Crippen molar-refractivity contribution in [1.29, 1.82) is 0 Å². The maximum Gasteiger partial charge on any atom is 0.391 e. The summed E-state index contributed by atoms with van der Waals surface area (Å²) in [6.07, 6.45) is -1.86. The van der Waals surface area contributed by atoms with Crippen molar-refractivity contribution in [3.05, 3.63) is 0 Å². The molecule has 0 saturated heterocycles. The second-order valence-corrected chi connectivity index (χ2v) is 5.75. The highest BCUT2D eigenvalue weighted by molar-refractivity contribution is 5.78. The zero-order valence-electron chi connectivity index (χ0n) is 10.7. The number of nitrogens with one attached hydrogen (secondary N) is 1. The quantitative estimate of drug-likeness (QED) is 0.829. The molecule has 2 aliphatic carbocycles. The predicted octanol–water partition coefficient (Wildman–Crippen LogP) is 2.24. The molecule has 2 aliphatic rings. The normalized spacial score (nSPS) is 29.9. The van der Waals surface area contributed by atoms with Crippen molar-refractivity contribution in [1.82, 2.24) is 5.32 Å². The molecule has 0 aromatic rings. The molecule has 3 unspecified atom stereocenters. The Kier molecular flexibility index (Phi) is 4.38. The second kappa shape index (κ2) is 5.69. The minimum absolute atomic E-state index is 0.116. The Balaban J connectivity index is 1.78. The number of alkyl halides is 3. The van der Waals surface area contributed by atoms with Crippen molar-refractivity contribution in [2.45, 2.75) is 50.8 Å². The molecule has 0 bridgehead atoms. The number of hydrogen-bond donors (Lipinski definition) is 2. The van der Waals surface area contributed by atoms with E-state index in [2.05, 4.69) is 5.32 Å². The van der Waals surface area contributed by atoms with Gasteiger partial charge in [0.2, 0.25) is 5.91 Å². The van der Waals surface area contributed by atoms with E-state index in [0.29, 0.717) is 12.8 Å². The largest absolute Gasteiger partial charge is 0.391 e. The van der Waals surface area contributed by atoms with Crippen LogP contribution in [0.4, 0.5) is 13.2 Å². The fourth-order valence-electron chi connectivity index (χ4n) is 2.72. The van der Waals surface area contributed by atoms with Gasteiger partial charge in [-0.25, -0.2) is 0 Å². The third kappa shape index (κ3) is 4.09. The first-order valence-corrected chi connectivity index (χ1v) is 6.90. The highest BCUT2D eigenvalue weighted by Crippen LogP contribution is 2.40. The lowest BCUT2D eigenvalue weighted by molar-refractivity contribution is -0.186. The molecule has 1 amide bonds. The van der Waals surface area contributed by atoms with Crippen LogP contribution in [0.2, 0.25) is 0 Å². The van der Waals surface area contributed by atoms with Gasteiger partial charge in [0.05, 0.1) is 12.0 Å². The van der Waals surface area contributed by atoms with Crippen molar-refractivity contribution < 1.29 is 23.1 Å². The van der Waals surface area contributed by atoms with E-state index >= 15 is 0 Å². The van der Waals surface area contributed by atoms with Crippen LogP contribution in [0.15, 0.2) is 0 Å². The average molecular weight is 279 g/mol. The molecule has 2 saturated carbocycles. The molecule has 2 rings (SSSR count).